The number of hydrogen-bond acceptors (Lipinski definition) is 3. The third-order valence-corrected chi connectivity index (χ3v) is 4.22. The number of rotatable bonds is 2. The molecule has 1 amide bonds. The van der Waals surface area contributed by atoms with E-state index in [-0.39, 0.29) is 11.9 Å². The second kappa shape index (κ2) is 5.29. The topological polar surface area (TPSA) is 77.7 Å². The molecule has 1 aliphatic heterocycles. The molecule has 0 radical (unpaired) electrons. The predicted octanol–water partition coefficient (Wildman–Crippen LogP) is 2.65. The van der Waals surface area contributed by atoms with Gasteiger partial charge in [0, 0.05) is 12.7 Å². The van der Waals surface area contributed by atoms with Crippen molar-refractivity contribution in [2.45, 2.75) is 25.3 Å². The van der Waals surface area contributed by atoms with Gasteiger partial charge >= 0.3 is 0 Å². The SMILES string of the molecule is O=C(c1ccn[nH]1)N1CCCCC1c1nc2ccccc2[nH]1. The summed E-state index contributed by atoms with van der Waals surface area (Å²) in [6.07, 6.45) is 4.66. The summed E-state index contributed by atoms with van der Waals surface area (Å²) < 4.78 is 0. The molecule has 2 aromatic heterocycles. The average molecular weight is 295 g/mol. The molecule has 6 nitrogen and oxygen atoms in total. The molecule has 4 rings (SSSR count). The Balaban J connectivity index is 1.69. The van der Waals surface area contributed by atoms with Crippen LogP contribution in [-0.2, 0) is 0 Å². The molecule has 0 saturated carbocycles. The molecule has 0 aliphatic carbocycles. The maximum absolute atomic E-state index is 12.7. The van der Waals surface area contributed by atoms with Gasteiger partial charge in [0.05, 0.1) is 17.1 Å². The second-order valence-corrected chi connectivity index (χ2v) is 5.62. The number of para-hydroxylation sites is 2. The van der Waals surface area contributed by atoms with Crippen LogP contribution in [0.3, 0.4) is 0 Å². The molecule has 1 atom stereocenters. The van der Waals surface area contributed by atoms with Crippen molar-refractivity contribution in [2.24, 2.45) is 0 Å². The molecule has 1 aliphatic rings. The molecule has 2 N–H and O–H groups in total. The van der Waals surface area contributed by atoms with Gasteiger partial charge in [0.1, 0.15) is 11.5 Å². The quantitative estimate of drug-likeness (QED) is 0.763. The minimum atomic E-state index is -0.0114. The van der Waals surface area contributed by atoms with Gasteiger partial charge in [0.2, 0.25) is 0 Å². The van der Waals surface area contributed by atoms with Crippen LogP contribution in [0.4, 0.5) is 0 Å². The van der Waals surface area contributed by atoms with Crippen LogP contribution < -0.4 is 0 Å². The zero-order valence-electron chi connectivity index (χ0n) is 12.1. The number of likely N-dealkylation sites (tertiary alicyclic amines) is 1. The van der Waals surface area contributed by atoms with Gasteiger partial charge in [0.25, 0.3) is 5.91 Å². The zero-order valence-corrected chi connectivity index (χ0v) is 12.1. The first-order valence-electron chi connectivity index (χ1n) is 7.58. The van der Waals surface area contributed by atoms with Crippen molar-refractivity contribution < 1.29 is 4.79 Å². The number of piperidine rings is 1. The van der Waals surface area contributed by atoms with Crippen molar-refractivity contribution >= 4 is 16.9 Å². The van der Waals surface area contributed by atoms with Crippen molar-refractivity contribution in [3.63, 3.8) is 0 Å². The number of aromatic amines is 2. The number of aromatic nitrogens is 4. The van der Waals surface area contributed by atoms with Crippen LogP contribution in [0.15, 0.2) is 36.5 Å². The first-order valence-corrected chi connectivity index (χ1v) is 7.58. The lowest BCUT2D eigenvalue weighted by Gasteiger charge is -2.34. The van der Waals surface area contributed by atoms with Gasteiger partial charge in [-0.05, 0) is 37.5 Å². The molecule has 3 heterocycles. The minimum absolute atomic E-state index is 0.00282. The van der Waals surface area contributed by atoms with Gasteiger partial charge in [-0.1, -0.05) is 12.1 Å². The summed E-state index contributed by atoms with van der Waals surface area (Å²) in [7, 11) is 0. The van der Waals surface area contributed by atoms with E-state index < -0.39 is 0 Å². The Bertz CT molecular complexity index is 759. The molecule has 1 unspecified atom stereocenters. The number of amides is 1. The number of benzene rings is 1. The largest absolute Gasteiger partial charge is 0.340 e. The van der Waals surface area contributed by atoms with Gasteiger partial charge in [-0.3, -0.25) is 9.89 Å². The van der Waals surface area contributed by atoms with Crippen molar-refractivity contribution in [2.75, 3.05) is 6.54 Å². The van der Waals surface area contributed by atoms with E-state index in [9.17, 15) is 4.79 Å². The Labute approximate surface area is 127 Å². The molecule has 112 valence electrons. The van der Waals surface area contributed by atoms with E-state index in [2.05, 4.69) is 20.2 Å². The van der Waals surface area contributed by atoms with Crippen molar-refractivity contribution in [1.29, 1.82) is 0 Å². The van der Waals surface area contributed by atoms with Gasteiger partial charge in [-0.2, -0.15) is 5.10 Å². The lowest BCUT2D eigenvalue weighted by Crippen LogP contribution is -2.39. The highest BCUT2D eigenvalue weighted by Gasteiger charge is 2.31. The Kier molecular flexibility index (Phi) is 3.14. The predicted molar refractivity (Wildman–Crippen MR) is 82.3 cm³/mol. The number of fused-ring (bicyclic) bond motifs is 1. The van der Waals surface area contributed by atoms with Crippen molar-refractivity contribution in [1.82, 2.24) is 25.1 Å². The normalized spacial score (nSPS) is 18.7. The van der Waals surface area contributed by atoms with Crippen molar-refractivity contribution in [3.8, 4) is 0 Å². The highest BCUT2D eigenvalue weighted by Crippen LogP contribution is 2.31. The van der Waals surface area contributed by atoms with Crippen LogP contribution in [0.2, 0.25) is 0 Å². The van der Waals surface area contributed by atoms with E-state index in [1.54, 1.807) is 12.3 Å². The number of carbonyl (C=O) groups is 1. The van der Waals surface area contributed by atoms with Gasteiger partial charge in [-0.25, -0.2) is 4.98 Å². The Morgan fingerprint density at radius 3 is 2.95 bits per heavy atom. The van der Waals surface area contributed by atoms with Gasteiger partial charge in [0.15, 0.2) is 0 Å². The monoisotopic (exact) mass is 295 g/mol. The average Bonchev–Trinajstić information content (AvgIpc) is 3.23. The lowest BCUT2D eigenvalue weighted by atomic mass is 10.0. The van der Waals surface area contributed by atoms with Crippen LogP contribution in [0.25, 0.3) is 11.0 Å². The molecular formula is C16H17N5O. The number of hydrogen-bond donors (Lipinski definition) is 2. The number of nitrogens with zero attached hydrogens (tertiary/aromatic N) is 3. The first kappa shape index (κ1) is 13.1. The summed E-state index contributed by atoms with van der Waals surface area (Å²) in [6, 6.07) is 9.67. The van der Waals surface area contributed by atoms with E-state index in [0.29, 0.717) is 5.69 Å². The standard InChI is InChI=1S/C16H17N5O/c22-16(13-8-9-17-20-13)21-10-4-3-7-14(21)15-18-11-5-1-2-6-12(11)19-15/h1-2,5-6,8-9,14H,3-4,7,10H2,(H,17,20)(H,18,19). The number of carbonyl (C=O) groups excluding carboxylic acids is 1. The van der Waals surface area contributed by atoms with E-state index in [1.165, 1.54) is 0 Å². The summed E-state index contributed by atoms with van der Waals surface area (Å²) in [5.74, 6) is 0.858. The molecule has 0 spiro atoms. The molecule has 1 saturated heterocycles. The fourth-order valence-corrected chi connectivity index (χ4v) is 3.12. The molecule has 1 aromatic carbocycles. The summed E-state index contributed by atoms with van der Waals surface area (Å²) in [5.41, 5.74) is 2.48. The van der Waals surface area contributed by atoms with Crippen LogP contribution in [-0.4, -0.2) is 37.5 Å². The smallest absolute Gasteiger partial charge is 0.272 e. The Hall–Kier alpha value is -2.63. The molecule has 22 heavy (non-hydrogen) atoms. The highest BCUT2D eigenvalue weighted by molar-refractivity contribution is 5.92. The zero-order chi connectivity index (χ0) is 14.9. The third kappa shape index (κ3) is 2.16. The maximum Gasteiger partial charge on any atom is 0.272 e. The molecule has 6 heteroatoms. The third-order valence-electron chi connectivity index (χ3n) is 4.22. The van der Waals surface area contributed by atoms with E-state index >= 15 is 0 Å². The first-order chi connectivity index (χ1) is 10.8. The number of nitrogens with one attached hydrogen (secondary N) is 2. The fourth-order valence-electron chi connectivity index (χ4n) is 3.12. The Morgan fingerprint density at radius 2 is 2.14 bits per heavy atom. The molecule has 1 fully saturated rings. The summed E-state index contributed by atoms with van der Waals surface area (Å²) in [6.45, 7) is 0.750. The summed E-state index contributed by atoms with van der Waals surface area (Å²) >= 11 is 0. The van der Waals surface area contributed by atoms with Crippen LogP contribution in [0.5, 0.6) is 0 Å². The van der Waals surface area contributed by atoms with E-state index in [1.807, 2.05) is 29.2 Å². The lowest BCUT2D eigenvalue weighted by molar-refractivity contribution is 0.0595. The van der Waals surface area contributed by atoms with Gasteiger partial charge < -0.3 is 9.88 Å². The fraction of sp³-hybridized carbons (Fsp3) is 0.312. The van der Waals surface area contributed by atoms with Gasteiger partial charge in [-0.15, -0.1) is 0 Å². The summed E-state index contributed by atoms with van der Waals surface area (Å²) in [5, 5.41) is 6.64. The van der Waals surface area contributed by atoms with Crippen LogP contribution in [0.1, 0.15) is 41.6 Å². The Morgan fingerprint density at radius 1 is 1.23 bits per heavy atom. The highest BCUT2D eigenvalue weighted by atomic mass is 16.2. The van der Waals surface area contributed by atoms with E-state index in [0.717, 1.165) is 42.7 Å². The van der Waals surface area contributed by atoms with Crippen LogP contribution in [0, 0.1) is 0 Å². The van der Waals surface area contributed by atoms with Crippen molar-refractivity contribution in [3.05, 3.63) is 48.0 Å². The molecule has 3 aromatic rings. The second-order valence-electron chi connectivity index (χ2n) is 5.62. The molecule has 0 bridgehead atoms. The van der Waals surface area contributed by atoms with E-state index in [4.69, 9.17) is 0 Å². The summed E-state index contributed by atoms with van der Waals surface area (Å²) in [4.78, 5) is 22.6. The molecular weight excluding hydrogens is 278 g/mol. The number of imidazole rings is 1. The maximum atomic E-state index is 12.7. The number of H-pyrrole nitrogens is 2. The van der Waals surface area contributed by atoms with Crippen LogP contribution >= 0.6 is 0 Å². The minimum Gasteiger partial charge on any atom is -0.340 e.